The lowest BCUT2D eigenvalue weighted by molar-refractivity contribution is -0.116. The summed E-state index contributed by atoms with van der Waals surface area (Å²) < 4.78 is 10.8. The SMILES string of the molecule is O=C1CC(c2ccccc2Cl)c2cc3c(cc2N1)OCO3. The van der Waals surface area contributed by atoms with Crippen molar-refractivity contribution in [1.29, 1.82) is 0 Å². The highest BCUT2D eigenvalue weighted by Crippen LogP contribution is 2.45. The van der Waals surface area contributed by atoms with Gasteiger partial charge in [-0.15, -0.1) is 0 Å². The molecular formula is C16H12ClNO3. The second kappa shape index (κ2) is 4.67. The number of nitrogens with one attached hydrogen (secondary N) is 1. The number of carbonyl (C=O) groups excluding carboxylic acids is 1. The maximum atomic E-state index is 12.0. The Labute approximate surface area is 126 Å². The van der Waals surface area contributed by atoms with Crippen LogP contribution in [-0.2, 0) is 4.79 Å². The quantitative estimate of drug-likeness (QED) is 0.876. The van der Waals surface area contributed by atoms with Crippen LogP contribution in [-0.4, -0.2) is 12.7 Å². The molecule has 0 spiro atoms. The number of fused-ring (bicyclic) bond motifs is 2. The summed E-state index contributed by atoms with van der Waals surface area (Å²) in [4.78, 5) is 12.0. The first kappa shape index (κ1) is 12.5. The summed E-state index contributed by atoms with van der Waals surface area (Å²) in [5.74, 6) is 1.28. The number of rotatable bonds is 1. The van der Waals surface area contributed by atoms with Crippen molar-refractivity contribution in [3.8, 4) is 11.5 Å². The summed E-state index contributed by atoms with van der Waals surface area (Å²) in [5, 5.41) is 3.56. The molecule has 4 rings (SSSR count). The molecule has 0 saturated heterocycles. The molecule has 1 atom stereocenters. The predicted molar refractivity (Wildman–Crippen MR) is 79.1 cm³/mol. The van der Waals surface area contributed by atoms with Crippen molar-refractivity contribution >= 4 is 23.2 Å². The minimum atomic E-state index is -0.0723. The van der Waals surface area contributed by atoms with Crippen LogP contribution in [0, 0.1) is 0 Å². The van der Waals surface area contributed by atoms with Crippen molar-refractivity contribution in [2.24, 2.45) is 0 Å². The average Bonchev–Trinajstić information content (AvgIpc) is 2.92. The number of anilines is 1. The molecule has 0 radical (unpaired) electrons. The van der Waals surface area contributed by atoms with Gasteiger partial charge < -0.3 is 14.8 Å². The Hall–Kier alpha value is -2.20. The molecule has 1 N–H and O–H groups in total. The van der Waals surface area contributed by atoms with E-state index in [1.165, 1.54) is 0 Å². The molecule has 0 aliphatic carbocycles. The number of carbonyl (C=O) groups is 1. The standard InChI is InChI=1S/C16H12ClNO3/c17-12-4-2-1-3-9(12)10-6-16(19)18-13-7-15-14(5-11(10)13)20-8-21-15/h1-5,7,10H,6,8H2,(H,18,19). The molecule has 0 bridgehead atoms. The van der Waals surface area contributed by atoms with Crippen LogP contribution in [0.25, 0.3) is 0 Å². The number of ether oxygens (including phenoxy) is 2. The van der Waals surface area contributed by atoms with Crippen LogP contribution in [0.2, 0.25) is 5.02 Å². The van der Waals surface area contributed by atoms with Gasteiger partial charge in [-0.1, -0.05) is 29.8 Å². The van der Waals surface area contributed by atoms with Gasteiger partial charge in [-0.05, 0) is 23.3 Å². The zero-order valence-corrected chi connectivity index (χ0v) is 11.8. The molecule has 2 aromatic carbocycles. The Bertz CT molecular complexity index is 744. The summed E-state index contributed by atoms with van der Waals surface area (Å²) in [6.07, 6.45) is 0.371. The van der Waals surface area contributed by atoms with Gasteiger partial charge in [0.1, 0.15) is 0 Å². The molecule has 21 heavy (non-hydrogen) atoms. The highest BCUT2D eigenvalue weighted by atomic mass is 35.5. The highest BCUT2D eigenvalue weighted by Gasteiger charge is 2.30. The van der Waals surface area contributed by atoms with Crippen molar-refractivity contribution in [2.45, 2.75) is 12.3 Å². The highest BCUT2D eigenvalue weighted by molar-refractivity contribution is 6.31. The van der Waals surface area contributed by atoms with Crippen molar-refractivity contribution in [2.75, 3.05) is 12.1 Å². The molecule has 2 heterocycles. The first-order chi connectivity index (χ1) is 10.2. The fourth-order valence-electron chi connectivity index (χ4n) is 2.89. The van der Waals surface area contributed by atoms with Crippen LogP contribution in [0.4, 0.5) is 5.69 Å². The molecule has 2 aromatic rings. The summed E-state index contributed by atoms with van der Waals surface area (Å²) in [6, 6.07) is 11.4. The van der Waals surface area contributed by atoms with Gasteiger partial charge in [-0.2, -0.15) is 0 Å². The largest absolute Gasteiger partial charge is 0.454 e. The Morgan fingerprint density at radius 2 is 1.86 bits per heavy atom. The lowest BCUT2D eigenvalue weighted by Crippen LogP contribution is -2.23. The van der Waals surface area contributed by atoms with E-state index in [1.807, 2.05) is 36.4 Å². The molecule has 2 aliphatic heterocycles. The number of benzene rings is 2. The molecule has 2 aliphatic rings. The maximum Gasteiger partial charge on any atom is 0.231 e. The zero-order chi connectivity index (χ0) is 14.4. The zero-order valence-electron chi connectivity index (χ0n) is 11.1. The van der Waals surface area contributed by atoms with E-state index in [0.717, 1.165) is 16.8 Å². The lowest BCUT2D eigenvalue weighted by atomic mass is 9.84. The molecule has 0 aromatic heterocycles. The van der Waals surface area contributed by atoms with E-state index in [1.54, 1.807) is 0 Å². The molecule has 5 heteroatoms. The van der Waals surface area contributed by atoms with Gasteiger partial charge in [-0.25, -0.2) is 0 Å². The number of hydrogen-bond donors (Lipinski definition) is 1. The molecule has 4 nitrogen and oxygen atoms in total. The van der Waals surface area contributed by atoms with Crippen LogP contribution in [0.1, 0.15) is 23.5 Å². The van der Waals surface area contributed by atoms with Crippen molar-refractivity contribution in [1.82, 2.24) is 0 Å². The summed E-state index contributed by atoms with van der Waals surface area (Å²) in [6.45, 7) is 0.211. The summed E-state index contributed by atoms with van der Waals surface area (Å²) >= 11 is 6.30. The van der Waals surface area contributed by atoms with Crippen molar-refractivity contribution in [3.63, 3.8) is 0 Å². The Morgan fingerprint density at radius 3 is 2.67 bits per heavy atom. The Morgan fingerprint density at radius 1 is 1.10 bits per heavy atom. The fraction of sp³-hybridized carbons (Fsp3) is 0.188. The monoisotopic (exact) mass is 301 g/mol. The molecular weight excluding hydrogens is 290 g/mol. The van der Waals surface area contributed by atoms with Crippen LogP contribution < -0.4 is 14.8 Å². The van der Waals surface area contributed by atoms with Crippen LogP contribution in [0.5, 0.6) is 11.5 Å². The molecule has 1 unspecified atom stereocenters. The summed E-state index contributed by atoms with van der Waals surface area (Å²) in [5.41, 5.74) is 2.72. The number of amides is 1. The predicted octanol–water partition coefficient (Wildman–Crippen LogP) is 3.54. The van der Waals surface area contributed by atoms with Gasteiger partial charge in [-0.3, -0.25) is 4.79 Å². The topological polar surface area (TPSA) is 47.6 Å². The second-order valence-electron chi connectivity index (χ2n) is 5.12. The first-order valence-corrected chi connectivity index (χ1v) is 7.08. The Balaban J connectivity index is 1.88. The van der Waals surface area contributed by atoms with Gasteiger partial charge in [0.25, 0.3) is 0 Å². The molecule has 106 valence electrons. The Kier molecular flexibility index (Phi) is 2.79. The number of halogens is 1. The maximum absolute atomic E-state index is 12.0. The molecule has 0 saturated carbocycles. The van der Waals surface area contributed by atoms with Gasteiger partial charge in [0, 0.05) is 29.1 Å². The van der Waals surface area contributed by atoms with Crippen LogP contribution in [0.15, 0.2) is 36.4 Å². The molecule has 1 amide bonds. The van der Waals surface area contributed by atoms with Crippen LogP contribution >= 0.6 is 11.6 Å². The fourth-order valence-corrected chi connectivity index (χ4v) is 3.15. The van der Waals surface area contributed by atoms with E-state index in [4.69, 9.17) is 21.1 Å². The van der Waals surface area contributed by atoms with Crippen LogP contribution in [0.3, 0.4) is 0 Å². The number of hydrogen-bond acceptors (Lipinski definition) is 3. The normalized spacial score (nSPS) is 19.1. The van der Waals surface area contributed by atoms with E-state index in [-0.39, 0.29) is 18.6 Å². The molecule has 0 fully saturated rings. The van der Waals surface area contributed by atoms with Gasteiger partial charge in [0.15, 0.2) is 11.5 Å². The third kappa shape index (κ3) is 2.03. The lowest BCUT2D eigenvalue weighted by Gasteiger charge is -2.26. The average molecular weight is 302 g/mol. The minimum Gasteiger partial charge on any atom is -0.454 e. The van der Waals surface area contributed by atoms with Gasteiger partial charge in [0.2, 0.25) is 12.7 Å². The smallest absolute Gasteiger partial charge is 0.231 e. The summed E-state index contributed by atoms with van der Waals surface area (Å²) in [7, 11) is 0. The van der Waals surface area contributed by atoms with Gasteiger partial charge >= 0.3 is 0 Å². The van der Waals surface area contributed by atoms with Crippen molar-refractivity contribution in [3.05, 3.63) is 52.5 Å². The van der Waals surface area contributed by atoms with Gasteiger partial charge in [0.05, 0.1) is 0 Å². The first-order valence-electron chi connectivity index (χ1n) is 6.70. The van der Waals surface area contributed by atoms with Crippen molar-refractivity contribution < 1.29 is 14.3 Å². The van der Waals surface area contributed by atoms with E-state index >= 15 is 0 Å². The van der Waals surface area contributed by atoms with E-state index < -0.39 is 0 Å². The van der Waals surface area contributed by atoms with E-state index in [0.29, 0.717) is 22.9 Å². The third-order valence-corrected chi connectivity index (χ3v) is 4.21. The third-order valence-electron chi connectivity index (χ3n) is 3.86. The van der Waals surface area contributed by atoms with E-state index in [9.17, 15) is 4.79 Å². The second-order valence-corrected chi connectivity index (χ2v) is 5.53. The minimum absolute atomic E-state index is 0.0220. The van der Waals surface area contributed by atoms with E-state index in [2.05, 4.69) is 5.32 Å².